The first kappa shape index (κ1) is 11.5. The van der Waals surface area contributed by atoms with Crippen LogP contribution < -0.4 is 0 Å². The molecule has 15 heavy (non-hydrogen) atoms. The molecule has 78 valence electrons. The van der Waals surface area contributed by atoms with Crippen molar-refractivity contribution in [2.45, 2.75) is 20.8 Å². The van der Waals surface area contributed by atoms with Crippen molar-refractivity contribution in [1.82, 2.24) is 0 Å². The average Bonchev–Trinajstić information content (AvgIpc) is 2.22. The zero-order valence-corrected chi connectivity index (χ0v) is 9.75. The molecule has 0 aliphatic rings. The maximum Gasteiger partial charge on any atom is -0.0181 e. The van der Waals surface area contributed by atoms with Crippen molar-refractivity contribution in [2.75, 3.05) is 0 Å². The van der Waals surface area contributed by atoms with E-state index in [4.69, 9.17) is 0 Å². The van der Waals surface area contributed by atoms with Gasteiger partial charge in [0.05, 0.1) is 0 Å². The van der Waals surface area contributed by atoms with Crippen LogP contribution in [0.25, 0.3) is 12.2 Å². The predicted octanol–water partition coefficient (Wildman–Crippen LogP) is 4.62. The molecule has 0 fully saturated rings. The third-order valence-electron chi connectivity index (χ3n) is 2.29. The van der Waals surface area contributed by atoms with Crippen molar-refractivity contribution < 1.29 is 0 Å². The maximum atomic E-state index is 3.76. The standard InChI is InChI=1S/C15H18/c1-5-7-14-11-13(4)8-9-15(14)10-12(3)6-2/h5-11H,2H2,1,3-4H3/b7-5-,12-10-. The third kappa shape index (κ3) is 3.25. The van der Waals surface area contributed by atoms with E-state index in [9.17, 15) is 0 Å². The summed E-state index contributed by atoms with van der Waals surface area (Å²) in [6.07, 6.45) is 8.23. The van der Waals surface area contributed by atoms with Gasteiger partial charge in [-0.25, -0.2) is 0 Å². The number of benzene rings is 1. The Morgan fingerprint density at radius 1 is 1.27 bits per heavy atom. The quantitative estimate of drug-likeness (QED) is 0.622. The number of hydrogen-bond acceptors (Lipinski definition) is 0. The van der Waals surface area contributed by atoms with Crippen LogP contribution in [0, 0.1) is 6.92 Å². The monoisotopic (exact) mass is 198 g/mol. The van der Waals surface area contributed by atoms with E-state index in [1.807, 2.05) is 13.0 Å². The van der Waals surface area contributed by atoms with E-state index < -0.39 is 0 Å². The number of rotatable bonds is 3. The summed E-state index contributed by atoms with van der Waals surface area (Å²) in [6.45, 7) is 9.98. The molecular weight excluding hydrogens is 180 g/mol. The molecule has 0 saturated heterocycles. The van der Waals surface area contributed by atoms with Gasteiger partial charge in [-0.05, 0) is 31.9 Å². The van der Waals surface area contributed by atoms with Gasteiger partial charge in [0, 0.05) is 0 Å². The highest BCUT2D eigenvalue weighted by Crippen LogP contribution is 2.17. The lowest BCUT2D eigenvalue weighted by molar-refractivity contribution is 1.43. The summed E-state index contributed by atoms with van der Waals surface area (Å²) < 4.78 is 0. The topological polar surface area (TPSA) is 0 Å². The zero-order chi connectivity index (χ0) is 11.3. The molecule has 0 aliphatic carbocycles. The van der Waals surface area contributed by atoms with Gasteiger partial charge in [0.1, 0.15) is 0 Å². The molecule has 0 aliphatic heterocycles. The summed E-state index contributed by atoms with van der Waals surface area (Å²) in [7, 11) is 0. The van der Waals surface area contributed by atoms with Crippen LogP contribution in [-0.2, 0) is 0 Å². The molecule has 0 heteroatoms. The van der Waals surface area contributed by atoms with Crippen LogP contribution in [0.2, 0.25) is 0 Å². The van der Waals surface area contributed by atoms with Crippen LogP contribution in [-0.4, -0.2) is 0 Å². The summed E-state index contributed by atoms with van der Waals surface area (Å²) in [5.41, 5.74) is 4.98. The van der Waals surface area contributed by atoms with E-state index in [2.05, 4.69) is 56.9 Å². The van der Waals surface area contributed by atoms with Crippen LogP contribution >= 0.6 is 0 Å². The van der Waals surface area contributed by atoms with Crippen molar-refractivity contribution in [2.24, 2.45) is 0 Å². The van der Waals surface area contributed by atoms with Crippen molar-refractivity contribution in [3.8, 4) is 0 Å². The fraction of sp³-hybridized carbons (Fsp3) is 0.200. The molecule has 0 heterocycles. The maximum absolute atomic E-state index is 3.76. The first-order valence-electron chi connectivity index (χ1n) is 5.21. The lowest BCUT2D eigenvalue weighted by atomic mass is 10.0. The molecule has 0 saturated carbocycles. The van der Waals surface area contributed by atoms with Gasteiger partial charge in [-0.1, -0.05) is 60.2 Å². The second kappa shape index (κ2) is 5.35. The molecule has 0 aromatic heterocycles. The van der Waals surface area contributed by atoms with Gasteiger partial charge >= 0.3 is 0 Å². The molecule has 0 bridgehead atoms. The van der Waals surface area contributed by atoms with E-state index in [1.54, 1.807) is 0 Å². The molecular formula is C15H18. The first-order valence-corrected chi connectivity index (χ1v) is 5.21. The molecule has 1 aromatic carbocycles. The largest absolute Gasteiger partial charge is 0.0988 e. The second-order valence-electron chi connectivity index (χ2n) is 3.72. The molecule has 1 aromatic rings. The summed E-state index contributed by atoms with van der Waals surface area (Å²) in [6, 6.07) is 6.48. The summed E-state index contributed by atoms with van der Waals surface area (Å²) in [5.74, 6) is 0. The normalized spacial score (nSPS) is 12.1. The van der Waals surface area contributed by atoms with E-state index in [0.717, 1.165) is 0 Å². The average molecular weight is 198 g/mol. The summed E-state index contributed by atoms with van der Waals surface area (Å²) in [5, 5.41) is 0. The van der Waals surface area contributed by atoms with E-state index in [0.29, 0.717) is 0 Å². The Morgan fingerprint density at radius 3 is 2.60 bits per heavy atom. The molecule has 0 N–H and O–H groups in total. The number of allylic oxidation sites excluding steroid dienone is 3. The molecule has 1 rings (SSSR count). The Morgan fingerprint density at radius 2 is 2.00 bits per heavy atom. The van der Waals surface area contributed by atoms with Gasteiger partial charge in [0.15, 0.2) is 0 Å². The van der Waals surface area contributed by atoms with E-state index in [-0.39, 0.29) is 0 Å². The molecule has 0 atom stereocenters. The molecule has 0 spiro atoms. The smallest absolute Gasteiger partial charge is 0.0181 e. The van der Waals surface area contributed by atoms with Gasteiger partial charge in [0.25, 0.3) is 0 Å². The fourth-order valence-corrected chi connectivity index (χ4v) is 1.45. The van der Waals surface area contributed by atoms with E-state index in [1.165, 1.54) is 22.3 Å². The highest BCUT2D eigenvalue weighted by Gasteiger charge is 1.96. The summed E-state index contributed by atoms with van der Waals surface area (Å²) in [4.78, 5) is 0. The number of hydrogen-bond donors (Lipinski definition) is 0. The Hall–Kier alpha value is -1.56. The van der Waals surface area contributed by atoms with Gasteiger partial charge in [-0.15, -0.1) is 0 Å². The molecule has 0 nitrogen and oxygen atoms in total. The van der Waals surface area contributed by atoms with Crippen molar-refractivity contribution in [1.29, 1.82) is 0 Å². The summed E-state index contributed by atoms with van der Waals surface area (Å²) >= 11 is 0. The van der Waals surface area contributed by atoms with Gasteiger partial charge in [-0.2, -0.15) is 0 Å². The Bertz CT molecular complexity index is 406. The number of aryl methyl sites for hydroxylation is 1. The van der Waals surface area contributed by atoms with Crippen LogP contribution in [0.4, 0.5) is 0 Å². The van der Waals surface area contributed by atoms with Crippen molar-refractivity contribution >= 4 is 12.2 Å². The molecule has 0 unspecified atom stereocenters. The highest BCUT2D eigenvalue weighted by molar-refractivity contribution is 5.67. The lowest BCUT2D eigenvalue weighted by Gasteiger charge is -2.03. The first-order chi connectivity index (χ1) is 7.17. The highest BCUT2D eigenvalue weighted by atomic mass is 14.0. The van der Waals surface area contributed by atoms with Gasteiger partial charge in [-0.3, -0.25) is 0 Å². The van der Waals surface area contributed by atoms with Crippen molar-refractivity contribution in [3.63, 3.8) is 0 Å². The Balaban J connectivity index is 3.22. The van der Waals surface area contributed by atoms with Crippen LogP contribution in [0.3, 0.4) is 0 Å². The minimum atomic E-state index is 1.18. The van der Waals surface area contributed by atoms with Crippen molar-refractivity contribution in [3.05, 3.63) is 59.2 Å². The lowest BCUT2D eigenvalue weighted by Crippen LogP contribution is -1.83. The van der Waals surface area contributed by atoms with Crippen LogP contribution in [0.1, 0.15) is 30.5 Å². The SMILES string of the molecule is C=C/C(C)=C\c1ccc(C)cc1/C=C\C. The minimum absolute atomic E-state index is 1.18. The molecule has 0 amide bonds. The van der Waals surface area contributed by atoms with Gasteiger partial charge < -0.3 is 0 Å². The predicted molar refractivity (Wildman–Crippen MR) is 69.7 cm³/mol. The fourth-order valence-electron chi connectivity index (χ4n) is 1.45. The minimum Gasteiger partial charge on any atom is -0.0988 e. The Kier molecular flexibility index (Phi) is 4.11. The van der Waals surface area contributed by atoms with Gasteiger partial charge in [0.2, 0.25) is 0 Å². The van der Waals surface area contributed by atoms with E-state index >= 15 is 0 Å². The second-order valence-corrected chi connectivity index (χ2v) is 3.72. The van der Waals surface area contributed by atoms with Crippen LogP contribution in [0.5, 0.6) is 0 Å². The third-order valence-corrected chi connectivity index (χ3v) is 2.29. The molecule has 0 radical (unpaired) electrons. The Labute approximate surface area is 92.6 Å². The zero-order valence-electron chi connectivity index (χ0n) is 9.75. The van der Waals surface area contributed by atoms with Crippen LogP contribution in [0.15, 0.2) is 42.5 Å².